The first-order valence-corrected chi connectivity index (χ1v) is 9.49. The third-order valence-electron chi connectivity index (χ3n) is 4.13. The zero-order chi connectivity index (χ0) is 21.1. The van der Waals surface area contributed by atoms with E-state index < -0.39 is 24.0 Å². The first-order valence-electron chi connectivity index (χ1n) is 8.32. The molecule has 3 rings (SSSR count). The molecule has 8 nitrogen and oxygen atoms in total. The minimum atomic E-state index is -1.24. The van der Waals surface area contributed by atoms with Gasteiger partial charge in [0.2, 0.25) is 0 Å². The highest BCUT2D eigenvalue weighted by atomic mass is 79.9. The summed E-state index contributed by atoms with van der Waals surface area (Å²) in [6, 6.07) is 8.22. The summed E-state index contributed by atoms with van der Waals surface area (Å²) >= 11 is 9.14. The molecule has 2 aromatic heterocycles. The normalized spacial score (nSPS) is 10.7. The molecule has 0 fully saturated rings. The van der Waals surface area contributed by atoms with Crippen molar-refractivity contribution in [3.63, 3.8) is 0 Å². The number of carboxylic acid groups (broad SMARTS) is 1. The van der Waals surface area contributed by atoms with Gasteiger partial charge in [-0.05, 0) is 39.7 Å². The summed E-state index contributed by atoms with van der Waals surface area (Å²) in [4.78, 5) is 40.9. The number of nitrogens with zero attached hydrogens (tertiary/aromatic N) is 2. The van der Waals surface area contributed by atoms with Crippen molar-refractivity contribution in [3.05, 3.63) is 67.5 Å². The Morgan fingerprint density at radius 1 is 1.31 bits per heavy atom. The van der Waals surface area contributed by atoms with Crippen molar-refractivity contribution in [2.24, 2.45) is 0 Å². The van der Waals surface area contributed by atoms with E-state index in [-0.39, 0.29) is 17.8 Å². The third-order valence-corrected chi connectivity index (χ3v) is 4.95. The van der Waals surface area contributed by atoms with Crippen LogP contribution in [-0.4, -0.2) is 33.6 Å². The highest BCUT2D eigenvalue weighted by molar-refractivity contribution is 9.10. The number of ether oxygens (including phenoxy) is 1. The van der Waals surface area contributed by atoms with Crippen LogP contribution in [0.4, 0.5) is 0 Å². The van der Waals surface area contributed by atoms with Crippen LogP contribution in [0.3, 0.4) is 0 Å². The Labute approximate surface area is 178 Å². The highest BCUT2D eigenvalue weighted by Gasteiger charge is 2.21. The van der Waals surface area contributed by atoms with Crippen molar-refractivity contribution in [3.8, 4) is 5.75 Å². The molecule has 0 spiro atoms. The number of hydrogen-bond donors (Lipinski definition) is 2. The Balaban J connectivity index is 2.07. The van der Waals surface area contributed by atoms with Gasteiger partial charge in [-0.2, -0.15) is 0 Å². The van der Waals surface area contributed by atoms with E-state index in [0.717, 1.165) is 10.1 Å². The van der Waals surface area contributed by atoms with E-state index in [1.165, 1.54) is 19.4 Å². The number of carbonyl (C=O) groups excluding carboxylic acids is 1. The van der Waals surface area contributed by atoms with Crippen LogP contribution >= 0.6 is 27.5 Å². The fraction of sp³-hybridized carbons (Fsp3) is 0.158. The molecule has 150 valence electrons. The first kappa shape index (κ1) is 20.8. The van der Waals surface area contributed by atoms with Gasteiger partial charge < -0.3 is 15.2 Å². The van der Waals surface area contributed by atoms with E-state index in [9.17, 15) is 19.5 Å². The number of rotatable bonds is 6. The minimum absolute atomic E-state index is 0.103. The number of carbonyl (C=O) groups is 2. The maximum Gasteiger partial charge on any atom is 0.323 e. The lowest BCUT2D eigenvalue weighted by Crippen LogP contribution is -2.34. The number of nitrogens with one attached hydrogen (secondary N) is 1. The quantitative estimate of drug-likeness (QED) is 0.561. The smallest absolute Gasteiger partial charge is 0.323 e. The second-order valence-electron chi connectivity index (χ2n) is 6.03. The summed E-state index contributed by atoms with van der Waals surface area (Å²) in [6.07, 6.45) is 1.40. The molecular weight excluding hydrogens is 466 g/mol. The Morgan fingerprint density at radius 2 is 2.00 bits per heavy atom. The number of halogens is 2. The van der Waals surface area contributed by atoms with Gasteiger partial charge in [-0.25, -0.2) is 4.98 Å². The topological polar surface area (TPSA) is 111 Å². The molecule has 29 heavy (non-hydrogen) atoms. The van der Waals surface area contributed by atoms with Crippen LogP contribution in [0, 0.1) is 0 Å². The molecule has 1 amide bonds. The van der Waals surface area contributed by atoms with Gasteiger partial charge in [0.05, 0.1) is 17.0 Å². The van der Waals surface area contributed by atoms with E-state index in [0.29, 0.717) is 20.6 Å². The van der Waals surface area contributed by atoms with E-state index in [4.69, 9.17) is 16.3 Å². The van der Waals surface area contributed by atoms with Crippen molar-refractivity contribution in [2.75, 3.05) is 7.11 Å². The summed E-state index contributed by atoms with van der Waals surface area (Å²) in [7, 11) is 1.42. The molecule has 2 N–H and O–H groups in total. The fourth-order valence-corrected chi connectivity index (χ4v) is 3.40. The van der Waals surface area contributed by atoms with Crippen LogP contribution < -0.4 is 15.6 Å². The number of aliphatic carboxylic acids is 1. The molecular formula is C19H15BrClN3O5. The molecule has 10 heteroatoms. The second-order valence-corrected chi connectivity index (χ2v) is 7.32. The number of fused-ring (bicyclic) bond motifs is 1. The Hall–Kier alpha value is -2.91. The fourth-order valence-electron chi connectivity index (χ4n) is 2.80. The van der Waals surface area contributed by atoms with Gasteiger partial charge >= 0.3 is 5.97 Å². The Kier molecular flexibility index (Phi) is 6.19. The number of methoxy groups -OCH3 is 1. The molecule has 1 aromatic carbocycles. The molecule has 0 aliphatic heterocycles. The highest BCUT2D eigenvalue weighted by Crippen LogP contribution is 2.31. The number of aromatic nitrogens is 2. The predicted octanol–water partition coefficient (Wildman–Crippen LogP) is 2.84. The lowest BCUT2D eigenvalue weighted by atomic mass is 10.1. The largest absolute Gasteiger partial charge is 0.495 e. The van der Waals surface area contributed by atoms with Gasteiger partial charge in [-0.1, -0.05) is 23.7 Å². The standard InChI is InChI=1S/C19H15BrClN3O5/c1-29-16-12-6-13(18(27)23-7-10-2-4-11(21)5-3-10)19(28)24(9-15(25)26)17(12)22-8-14(16)20/h2-6,8H,7,9H2,1H3,(H,23,27)(H,25,26). The summed E-state index contributed by atoms with van der Waals surface area (Å²) in [6.45, 7) is -0.480. The van der Waals surface area contributed by atoms with Gasteiger partial charge in [-0.3, -0.25) is 19.0 Å². The summed E-state index contributed by atoms with van der Waals surface area (Å²) < 4.78 is 6.77. The van der Waals surface area contributed by atoms with Crippen LogP contribution in [-0.2, 0) is 17.9 Å². The molecule has 0 saturated carbocycles. The molecule has 0 unspecified atom stereocenters. The van der Waals surface area contributed by atoms with Gasteiger partial charge in [-0.15, -0.1) is 0 Å². The SMILES string of the molecule is COc1c(Br)cnc2c1cc(C(=O)NCc1ccc(Cl)cc1)c(=O)n2CC(=O)O. The molecule has 0 atom stereocenters. The summed E-state index contributed by atoms with van der Waals surface area (Å²) in [5.41, 5.74) is -0.0839. The number of amides is 1. The van der Waals surface area contributed by atoms with Crippen molar-refractivity contribution in [2.45, 2.75) is 13.1 Å². The van der Waals surface area contributed by atoms with Gasteiger partial charge in [0.15, 0.2) is 0 Å². The van der Waals surface area contributed by atoms with Crippen LogP contribution in [0.15, 0.2) is 45.8 Å². The van der Waals surface area contributed by atoms with Crippen LogP contribution in [0.25, 0.3) is 11.0 Å². The zero-order valence-electron chi connectivity index (χ0n) is 15.1. The van der Waals surface area contributed by atoms with E-state index in [1.807, 2.05) is 0 Å². The van der Waals surface area contributed by atoms with Crippen LogP contribution in [0.1, 0.15) is 15.9 Å². The Bertz CT molecular complexity index is 1160. The van der Waals surface area contributed by atoms with Gasteiger partial charge in [0.1, 0.15) is 23.5 Å². The van der Waals surface area contributed by atoms with Crippen molar-refractivity contribution >= 4 is 50.4 Å². The van der Waals surface area contributed by atoms with Gasteiger partial charge in [0.25, 0.3) is 11.5 Å². The van der Waals surface area contributed by atoms with Gasteiger partial charge in [0, 0.05) is 17.8 Å². The molecule has 0 saturated heterocycles. The monoisotopic (exact) mass is 479 g/mol. The number of benzene rings is 1. The van der Waals surface area contributed by atoms with Crippen LogP contribution in [0.2, 0.25) is 5.02 Å². The summed E-state index contributed by atoms with van der Waals surface area (Å²) in [5, 5.41) is 12.8. The molecule has 2 heterocycles. The zero-order valence-corrected chi connectivity index (χ0v) is 17.5. The van der Waals surface area contributed by atoms with Crippen molar-refractivity contribution in [1.82, 2.24) is 14.9 Å². The first-order chi connectivity index (χ1) is 13.8. The summed E-state index contributed by atoms with van der Waals surface area (Å²) in [5.74, 6) is -1.55. The van der Waals surface area contributed by atoms with E-state index in [1.54, 1.807) is 24.3 Å². The lowest BCUT2D eigenvalue weighted by Gasteiger charge is -2.14. The maximum atomic E-state index is 12.8. The molecule has 3 aromatic rings. The lowest BCUT2D eigenvalue weighted by molar-refractivity contribution is -0.137. The van der Waals surface area contributed by atoms with Crippen molar-refractivity contribution in [1.29, 1.82) is 0 Å². The molecule has 0 aliphatic carbocycles. The number of pyridine rings is 2. The van der Waals surface area contributed by atoms with E-state index >= 15 is 0 Å². The maximum absolute atomic E-state index is 12.8. The average Bonchev–Trinajstić information content (AvgIpc) is 2.69. The predicted molar refractivity (Wildman–Crippen MR) is 111 cm³/mol. The molecule has 0 bridgehead atoms. The molecule has 0 radical (unpaired) electrons. The number of hydrogen-bond acceptors (Lipinski definition) is 5. The minimum Gasteiger partial charge on any atom is -0.495 e. The number of carboxylic acids is 1. The van der Waals surface area contributed by atoms with E-state index in [2.05, 4.69) is 26.2 Å². The average molecular weight is 481 g/mol. The Morgan fingerprint density at radius 3 is 2.62 bits per heavy atom. The molecule has 0 aliphatic rings. The van der Waals surface area contributed by atoms with Crippen molar-refractivity contribution < 1.29 is 19.4 Å². The third kappa shape index (κ3) is 4.41. The second kappa shape index (κ2) is 8.62. The van der Waals surface area contributed by atoms with Crippen LogP contribution in [0.5, 0.6) is 5.75 Å².